The molecule has 1 aliphatic heterocycles. The Labute approximate surface area is 179 Å². The zero-order valence-corrected chi connectivity index (χ0v) is 17.6. The number of hydrogen-bond donors (Lipinski definition) is 1. The van der Waals surface area contributed by atoms with Crippen LogP contribution in [-0.4, -0.2) is 63.3 Å². The number of aromatic nitrogens is 2. The number of aliphatic hydroxyl groups excluding tert-OH is 1. The van der Waals surface area contributed by atoms with Gasteiger partial charge in [-0.2, -0.15) is 0 Å². The molecule has 3 aromatic rings. The largest absolute Gasteiger partial charge is 0.396 e. The average molecular weight is 405 g/mol. The first-order chi connectivity index (χ1) is 14.8. The van der Waals surface area contributed by atoms with Gasteiger partial charge in [0.1, 0.15) is 5.82 Å². The zero-order valence-electron chi connectivity index (χ0n) is 17.6. The fourth-order valence-electron chi connectivity index (χ4n) is 4.44. The molecule has 0 aliphatic carbocycles. The SMILES string of the molecule is OCC[C@H]1CN(Cc2cccn2-c2ccccn2)CCN1CCCc1ccccc1. The standard InChI is InChI=1S/C25H32N4O/c30-19-13-23-20-27(17-18-28(23)15-6-10-22-8-2-1-3-9-22)21-24-11-7-16-29(24)25-12-4-5-14-26-25/h1-5,7-9,11-12,14,16,23,30H,6,10,13,15,17-21H2/t23-/m0/s1. The molecule has 1 N–H and O–H groups in total. The van der Waals surface area contributed by atoms with Crippen LogP contribution in [0.1, 0.15) is 24.1 Å². The lowest BCUT2D eigenvalue weighted by Crippen LogP contribution is -2.53. The predicted octanol–water partition coefficient (Wildman–Crippen LogP) is 3.37. The summed E-state index contributed by atoms with van der Waals surface area (Å²) < 4.78 is 2.17. The molecule has 5 heteroatoms. The second-order valence-corrected chi connectivity index (χ2v) is 8.08. The molecule has 1 aliphatic rings. The topological polar surface area (TPSA) is 44.5 Å². The molecule has 5 nitrogen and oxygen atoms in total. The van der Waals surface area contributed by atoms with E-state index < -0.39 is 0 Å². The number of rotatable bonds is 9. The summed E-state index contributed by atoms with van der Waals surface area (Å²) in [5.41, 5.74) is 2.67. The van der Waals surface area contributed by atoms with Gasteiger partial charge in [-0.15, -0.1) is 0 Å². The second kappa shape index (κ2) is 10.5. The van der Waals surface area contributed by atoms with Crippen LogP contribution in [0.3, 0.4) is 0 Å². The average Bonchev–Trinajstić information content (AvgIpc) is 3.25. The van der Waals surface area contributed by atoms with Crippen LogP contribution in [0.25, 0.3) is 5.82 Å². The van der Waals surface area contributed by atoms with Gasteiger partial charge in [0.2, 0.25) is 0 Å². The lowest BCUT2D eigenvalue weighted by atomic mass is 10.1. The molecule has 0 bridgehead atoms. The second-order valence-electron chi connectivity index (χ2n) is 8.08. The van der Waals surface area contributed by atoms with E-state index in [9.17, 15) is 5.11 Å². The maximum absolute atomic E-state index is 9.62. The molecule has 1 atom stereocenters. The lowest BCUT2D eigenvalue weighted by Gasteiger charge is -2.41. The van der Waals surface area contributed by atoms with Crippen molar-refractivity contribution in [1.29, 1.82) is 0 Å². The maximum Gasteiger partial charge on any atom is 0.136 e. The molecule has 1 fully saturated rings. The summed E-state index contributed by atoms with van der Waals surface area (Å²) in [6.45, 7) is 5.36. The molecule has 2 aromatic heterocycles. The molecule has 30 heavy (non-hydrogen) atoms. The number of aryl methyl sites for hydroxylation is 1. The summed E-state index contributed by atoms with van der Waals surface area (Å²) in [4.78, 5) is 9.59. The van der Waals surface area contributed by atoms with Gasteiger partial charge in [-0.1, -0.05) is 36.4 Å². The van der Waals surface area contributed by atoms with Crippen molar-refractivity contribution in [2.75, 3.05) is 32.8 Å². The molecule has 0 radical (unpaired) electrons. The van der Waals surface area contributed by atoms with Crippen LogP contribution in [0.15, 0.2) is 73.1 Å². The van der Waals surface area contributed by atoms with E-state index in [0.29, 0.717) is 6.04 Å². The maximum atomic E-state index is 9.62. The van der Waals surface area contributed by atoms with Crippen molar-refractivity contribution in [2.45, 2.75) is 31.8 Å². The van der Waals surface area contributed by atoms with Crippen LogP contribution < -0.4 is 0 Å². The molecule has 3 heterocycles. The number of benzene rings is 1. The number of nitrogens with zero attached hydrogens (tertiary/aromatic N) is 4. The van der Waals surface area contributed by atoms with Crippen molar-refractivity contribution in [3.8, 4) is 5.82 Å². The van der Waals surface area contributed by atoms with Crippen molar-refractivity contribution >= 4 is 0 Å². The van der Waals surface area contributed by atoms with Crippen LogP contribution in [0.2, 0.25) is 0 Å². The van der Waals surface area contributed by atoms with E-state index in [1.807, 2.05) is 24.4 Å². The molecular weight excluding hydrogens is 372 g/mol. The van der Waals surface area contributed by atoms with Gasteiger partial charge in [0, 0.05) is 56.9 Å². The molecular formula is C25H32N4O. The lowest BCUT2D eigenvalue weighted by molar-refractivity contribution is 0.0538. The van der Waals surface area contributed by atoms with E-state index in [2.05, 4.69) is 68.0 Å². The normalized spacial score (nSPS) is 18.0. The van der Waals surface area contributed by atoms with Gasteiger partial charge in [-0.25, -0.2) is 4.98 Å². The van der Waals surface area contributed by atoms with E-state index in [0.717, 1.165) is 57.8 Å². The van der Waals surface area contributed by atoms with Gasteiger partial charge >= 0.3 is 0 Å². The molecule has 1 saturated heterocycles. The van der Waals surface area contributed by atoms with Crippen molar-refractivity contribution in [3.63, 3.8) is 0 Å². The van der Waals surface area contributed by atoms with Crippen LogP contribution in [0.5, 0.6) is 0 Å². The summed E-state index contributed by atoms with van der Waals surface area (Å²) in [6, 6.07) is 21.4. The molecule has 4 rings (SSSR count). The van der Waals surface area contributed by atoms with Crippen LogP contribution in [-0.2, 0) is 13.0 Å². The van der Waals surface area contributed by atoms with Crippen LogP contribution in [0, 0.1) is 0 Å². The Morgan fingerprint density at radius 3 is 2.63 bits per heavy atom. The highest BCUT2D eigenvalue weighted by Gasteiger charge is 2.26. The van der Waals surface area contributed by atoms with Gasteiger partial charge in [0.15, 0.2) is 0 Å². The Balaban J connectivity index is 1.34. The minimum Gasteiger partial charge on any atom is -0.396 e. The van der Waals surface area contributed by atoms with Crippen molar-refractivity contribution in [2.24, 2.45) is 0 Å². The van der Waals surface area contributed by atoms with Gasteiger partial charge in [-0.3, -0.25) is 9.80 Å². The minimum atomic E-state index is 0.248. The van der Waals surface area contributed by atoms with E-state index >= 15 is 0 Å². The third-order valence-electron chi connectivity index (χ3n) is 6.02. The predicted molar refractivity (Wildman–Crippen MR) is 121 cm³/mol. The van der Waals surface area contributed by atoms with Crippen molar-refractivity contribution in [1.82, 2.24) is 19.4 Å². The number of piperazine rings is 1. The van der Waals surface area contributed by atoms with E-state index in [1.165, 1.54) is 11.3 Å². The van der Waals surface area contributed by atoms with Gasteiger partial charge in [0.25, 0.3) is 0 Å². The summed E-state index contributed by atoms with van der Waals surface area (Å²) in [7, 11) is 0. The zero-order chi connectivity index (χ0) is 20.6. The first-order valence-corrected chi connectivity index (χ1v) is 11.0. The van der Waals surface area contributed by atoms with Gasteiger partial charge < -0.3 is 9.67 Å². The van der Waals surface area contributed by atoms with E-state index in [1.54, 1.807) is 0 Å². The number of hydrogen-bond acceptors (Lipinski definition) is 4. The monoisotopic (exact) mass is 404 g/mol. The Morgan fingerprint density at radius 2 is 1.83 bits per heavy atom. The van der Waals surface area contributed by atoms with Gasteiger partial charge in [-0.05, 0) is 55.6 Å². The molecule has 0 unspecified atom stereocenters. The molecule has 158 valence electrons. The summed E-state index contributed by atoms with van der Waals surface area (Å²) >= 11 is 0. The molecule has 1 aromatic carbocycles. The van der Waals surface area contributed by atoms with E-state index in [4.69, 9.17) is 0 Å². The Hall–Kier alpha value is -2.47. The minimum absolute atomic E-state index is 0.248. The molecule has 0 amide bonds. The fraction of sp³-hybridized carbons (Fsp3) is 0.400. The first kappa shape index (κ1) is 20.8. The highest BCUT2D eigenvalue weighted by Crippen LogP contribution is 2.18. The quantitative estimate of drug-likeness (QED) is 0.594. The highest BCUT2D eigenvalue weighted by atomic mass is 16.3. The number of pyridine rings is 1. The molecule has 0 saturated carbocycles. The first-order valence-electron chi connectivity index (χ1n) is 11.0. The highest BCUT2D eigenvalue weighted by molar-refractivity contribution is 5.27. The van der Waals surface area contributed by atoms with Crippen molar-refractivity contribution in [3.05, 3.63) is 84.3 Å². The van der Waals surface area contributed by atoms with Crippen molar-refractivity contribution < 1.29 is 5.11 Å². The Kier molecular flexibility index (Phi) is 7.29. The smallest absolute Gasteiger partial charge is 0.136 e. The van der Waals surface area contributed by atoms with Crippen LogP contribution >= 0.6 is 0 Å². The Morgan fingerprint density at radius 1 is 0.967 bits per heavy atom. The number of aliphatic hydroxyl groups is 1. The van der Waals surface area contributed by atoms with Crippen LogP contribution in [0.4, 0.5) is 0 Å². The third kappa shape index (κ3) is 5.36. The summed E-state index contributed by atoms with van der Waals surface area (Å²) in [5, 5.41) is 9.62. The Bertz CT molecular complexity index is 880. The third-order valence-corrected chi connectivity index (χ3v) is 6.02. The summed E-state index contributed by atoms with van der Waals surface area (Å²) in [5.74, 6) is 0.962. The fourth-order valence-corrected chi connectivity index (χ4v) is 4.44. The molecule has 0 spiro atoms. The summed E-state index contributed by atoms with van der Waals surface area (Å²) in [6.07, 6.45) is 7.04. The van der Waals surface area contributed by atoms with E-state index in [-0.39, 0.29) is 6.61 Å². The van der Waals surface area contributed by atoms with Gasteiger partial charge in [0.05, 0.1) is 0 Å².